The first kappa shape index (κ1) is 40.6. The van der Waals surface area contributed by atoms with Gasteiger partial charge in [0.1, 0.15) is 0 Å². The van der Waals surface area contributed by atoms with Crippen LogP contribution in [0.4, 0.5) is 0 Å². The Morgan fingerprint density at radius 1 is 0.673 bits per heavy atom. The summed E-state index contributed by atoms with van der Waals surface area (Å²) in [5.41, 5.74) is 3.22. The van der Waals surface area contributed by atoms with E-state index in [1.807, 2.05) is 0 Å². The van der Waals surface area contributed by atoms with Gasteiger partial charge in [-0.2, -0.15) is 0 Å². The van der Waals surface area contributed by atoms with E-state index in [9.17, 15) is 10.2 Å². The average Bonchev–Trinajstić information content (AvgIpc) is 3.56. The molecule has 4 aliphatic carbocycles. The lowest BCUT2D eigenvalue weighted by atomic mass is 9.40. The van der Waals surface area contributed by atoms with Crippen molar-refractivity contribution < 1.29 is 24.4 Å². The van der Waals surface area contributed by atoms with Gasteiger partial charge in [-0.1, -0.05) is 138 Å². The maximum absolute atomic E-state index is 11.9. The molecule has 2 N–H and O–H groups in total. The van der Waals surface area contributed by atoms with Crippen molar-refractivity contribution in [3.05, 3.63) is 108 Å². The normalized spacial score (nSPS) is 34.7. The first-order chi connectivity index (χ1) is 26.6. The van der Waals surface area contributed by atoms with Crippen LogP contribution in [0.2, 0.25) is 0 Å². The van der Waals surface area contributed by atoms with Gasteiger partial charge in [0.15, 0.2) is 0 Å². The Bertz CT molecular complexity index is 1610. The van der Waals surface area contributed by atoms with Crippen molar-refractivity contribution >= 4 is 0 Å². The lowest BCUT2D eigenvalue weighted by Crippen LogP contribution is -2.74. The van der Waals surface area contributed by atoms with Gasteiger partial charge in [0.05, 0.1) is 43.7 Å². The quantitative estimate of drug-likeness (QED) is 0.153. The molecule has 5 heteroatoms. The molecule has 8 unspecified atom stereocenters. The summed E-state index contributed by atoms with van der Waals surface area (Å²) >= 11 is 0. The minimum absolute atomic E-state index is 0.0329. The summed E-state index contributed by atoms with van der Waals surface area (Å²) in [5, 5.41) is 21.8. The van der Waals surface area contributed by atoms with Crippen molar-refractivity contribution in [2.24, 2.45) is 52.3 Å². The van der Waals surface area contributed by atoms with Crippen molar-refractivity contribution in [3.63, 3.8) is 0 Å². The summed E-state index contributed by atoms with van der Waals surface area (Å²) in [5.74, 6) is 2.15. The van der Waals surface area contributed by atoms with E-state index in [4.69, 9.17) is 14.2 Å². The number of aliphatic hydroxyl groups excluding tert-OH is 2. The Morgan fingerprint density at radius 3 is 1.84 bits per heavy atom. The highest BCUT2D eigenvalue weighted by molar-refractivity contribution is 5.24. The van der Waals surface area contributed by atoms with Crippen molar-refractivity contribution in [3.8, 4) is 0 Å². The Hall–Kier alpha value is -2.54. The van der Waals surface area contributed by atoms with E-state index in [1.54, 1.807) is 0 Å². The standard InChI is InChI=1S/C50H70O5/c1-35(2)40(26-30-51)31-44(52)36(3)41-24-25-42-45-47(54-33-38-19-11-7-12-20-38)46(53-32-37-17-9-6-10-18-37)43-23-15-16-27-49(43,5)50(45,29-28-48(41,42)4)55-34-39-21-13-8-14-22-39/h6-14,17-22,35-36,40-47,51-52H,15-16,23-34H2,1-5H3/t36?,40?,41?,42?,43?,44?,45?,46-,47?,48-,49+,50-/m1/s1. The topological polar surface area (TPSA) is 68.2 Å². The zero-order valence-corrected chi connectivity index (χ0v) is 34.5. The lowest BCUT2D eigenvalue weighted by molar-refractivity contribution is -0.327. The second kappa shape index (κ2) is 17.5. The Kier molecular flexibility index (Phi) is 13.0. The fraction of sp³-hybridized carbons (Fsp3) is 0.640. The van der Waals surface area contributed by atoms with Gasteiger partial charge >= 0.3 is 0 Å². The highest BCUT2D eigenvalue weighted by atomic mass is 16.5. The van der Waals surface area contributed by atoms with Crippen LogP contribution in [0.5, 0.6) is 0 Å². The van der Waals surface area contributed by atoms with Crippen LogP contribution in [0, 0.1) is 52.3 Å². The molecule has 300 valence electrons. The van der Waals surface area contributed by atoms with Crippen LogP contribution in [-0.2, 0) is 34.0 Å². The molecule has 3 aromatic rings. The maximum Gasteiger partial charge on any atom is 0.0903 e. The molecule has 0 saturated heterocycles. The summed E-state index contributed by atoms with van der Waals surface area (Å²) in [6.07, 6.45) is 9.94. The SMILES string of the molecule is CC(C)C(CCO)CC(O)C(C)C1CCC2C3C(OCc4ccccc4)[C@H](OCc4ccccc4)C4CCCC[C@]4(C)[C@@]3(OCc3ccccc3)CC[C@]12C. The van der Waals surface area contributed by atoms with E-state index in [1.165, 1.54) is 29.5 Å². The van der Waals surface area contributed by atoms with E-state index in [-0.39, 0.29) is 53.2 Å². The molecule has 0 spiro atoms. The minimum Gasteiger partial charge on any atom is -0.396 e. The van der Waals surface area contributed by atoms with E-state index >= 15 is 0 Å². The molecular formula is C50H70O5. The largest absolute Gasteiger partial charge is 0.396 e. The highest BCUT2D eigenvalue weighted by Gasteiger charge is 2.73. The smallest absolute Gasteiger partial charge is 0.0903 e. The minimum atomic E-state index is -0.390. The second-order valence-corrected chi connectivity index (χ2v) is 19.0. The van der Waals surface area contributed by atoms with Gasteiger partial charge in [-0.15, -0.1) is 0 Å². The van der Waals surface area contributed by atoms with Gasteiger partial charge in [0.2, 0.25) is 0 Å². The first-order valence-corrected chi connectivity index (χ1v) is 21.9. The summed E-state index contributed by atoms with van der Waals surface area (Å²) < 4.78 is 22.5. The van der Waals surface area contributed by atoms with Crippen LogP contribution in [0.15, 0.2) is 91.0 Å². The number of hydrogen-bond donors (Lipinski definition) is 2. The maximum atomic E-state index is 11.9. The van der Waals surface area contributed by atoms with Gasteiger partial charge in [0.25, 0.3) is 0 Å². The Balaban J connectivity index is 1.30. The fourth-order valence-electron chi connectivity index (χ4n) is 12.8. The van der Waals surface area contributed by atoms with E-state index in [0.717, 1.165) is 51.4 Å². The number of fused-ring (bicyclic) bond motifs is 5. The molecule has 4 fully saturated rings. The summed E-state index contributed by atoms with van der Waals surface area (Å²) in [7, 11) is 0. The number of benzene rings is 3. The molecule has 5 nitrogen and oxygen atoms in total. The second-order valence-electron chi connectivity index (χ2n) is 19.0. The van der Waals surface area contributed by atoms with Crippen LogP contribution >= 0.6 is 0 Å². The molecule has 4 aliphatic rings. The predicted molar refractivity (Wildman–Crippen MR) is 221 cm³/mol. The van der Waals surface area contributed by atoms with E-state index in [0.29, 0.717) is 49.4 Å². The summed E-state index contributed by atoms with van der Waals surface area (Å²) in [4.78, 5) is 0. The third-order valence-electron chi connectivity index (χ3n) is 15.9. The zero-order valence-electron chi connectivity index (χ0n) is 34.5. The average molecular weight is 751 g/mol. The molecule has 7 rings (SSSR count). The number of ether oxygens (including phenoxy) is 3. The Labute approximate surface area is 332 Å². The summed E-state index contributed by atoms with van der Waals surface area (Å²) in [6, 6.07) is 32.2. The first-order valence-electron chi connectivity index (χ1n) is 21.9. The predicted octanol–water partition coefficient (Wildman–Crippen LogP) is 10.8. The Morgan fingerprint density at radius 2 is 1.25 bits per heavy atom. The third kappa shape index (κ3) is 8.00. The molecule has 4 saturated carbocycles. The monoisotopic (exact) mass is 751 g/mol. The third-order valence-corrected chi connectivity index (χ3v) is 15.9. The van der Waals surface area contributed by atoms with Crippen molar-refractivity contribution in [1.29, 1.82) is 0 Å². The van der Waals surface area contributed by atoms with Crippen LogP contribution in [0.25, 0.3) is 0 Å². The lowest BCUT2D eigenvalue weighted by Gasteiger charge is -2.70. The molecule has 0 aliphatic heterocycles. The molecule has 0 radical (unpaired) electrons. The van der Waals surface area contributed by atoms with E-state index < -0.39 is 0 Å². The number of aliphatic hydroxyl groups is 2. The molecule has 0 heterocycles. The van der Waals surface area contributed by atoms with Crippen LogP contribution in [0.1, 0.15) is 116 Å². The molecule has 3 aromatic carbocycles. The zero-order chi connectivity index (χ0) is 38.6. The molecule has 55 heavy (non-hydrogen) atoms. The van der Waals surface area contributed by atoms with Gasteiger partial charge in [0, 0.05) is 17.9 Å². The number of rotatable bonds is 16. The van der Waals surface area contributed by atoms with Crippen LogP contribution < -0.4 is 0 Å². The van der Waals surface area contributed by atoms with Crippen LogP contribution in [-0.4, -0.2) is 40.7 Å². The molecule has 0 amide bonds. The van der Waals surface area contributed by atoms with E-state index in [2.05, 4.69) is 126 Å². The van der Waals surface area contributed by atoms with Gasteiger partial charge < -0.3 is 24.4 Å². The molecule has 0 bridgehead atoms. The van der Waals surface area contributed by atoms with Crippen LogP contribution in [0.3, 0.4) is 0 Å². The fourth-order valence-corrected chi connectivity index (χ4v) is 12.8. The highest BCUT2D eigenvalue weighted by Crippen LogP contribution is 2.72. The van der Waals surface area contributed by atoms with Crippen molar-refractivity contribution in [2.45, 2.75) is 143 Å². The molecular weight excluding hydrogens is 681 g/mol. The van der Waals surface area contributed by atoms with Crippen molar-refractivity contribution in [2.75, 3.05) is 6.61 Å². The molecule has 0 aromatic heterocycles. The van der Waals surface area contributed by atoms with Gasteiger partial charge in [-0.05, 0) is 109 Å². The van der Waals surface area contributed by atoms with Gasteiger partial charge in [-0.25, -0.2) is 0 Å². The number of hydrogen-bond acceptors (Lipinski definition) is 5. The summed E-state index contributed by atoms with van der Waals surface area (Å²) in [6.45, 7) is 13.8. The van der Waals surface area contributed by atoms with Gasteiger partial charge in [-0.3, -0.25) is 0 Å². The van der Waals surface area contributed by atoms with Crippen molar-refractivity contribution in [1.82, 2.24) is 0 Å². The molecule has 12 atom stereocenters.